The quantitative estimate of drug-likeness (QED) is 0.791. The smallest absolute Gasteiger partial charge is 0.195 e. The van der Waals surface area contributed by atoms with E-state index in [1.165, 1.54) is 0 Å². The fraction of sp³-hybridized carbons (Fsp3) is 0.300. The van der Waals surface area contributed by atoms with Crippen LogP contribution in [0.25, 0.3) is 11.4 Å². The summed E-state index contributed by atoms with van der Waals surface area (Å²) in [4.78, 5) is 4.07. The number of hydrogen-bond acceptors (Lipinski definition) is 3. The number of aromatic nitrogens is 4. The van der Waals surface area contributed by atoms with Gasteiger partial charge in [0, 0.05) is 24.0 Å². The molecule has 2 aromatic rings. The second-order valence-electron chi connectivity index (χ2n) is 3.56. The van der Waals surface area contributed by atoms with E-state index in [1.807, 2.05) is 16.7 Å². The lowest BCUT2D eigenvalue weighted by Gasteiger charge is -2.09. The Balaban J connectivity index is 2.59. The minimum atomic E-state index is 0.284. The van der Waals surface area contributed by atoms with Crippen molar-refractivity contribution in [3.05, 3.63) is 29.3 Å². The predicted molar refractivity (Wildman–Crippen MR) is 61.0 cm³/mol. The van der Waals surface area contributed by atoms with Crippen LogP contribution in [0.1, 0.15) is 19.9 Å². The lowest BCUT2D eigenvalue weighted by atomic mass is 10.2. The Morgan fingerprint density at radius 2 is 2.27 bits per heavy atom. The summed E-state index contributed by atoms with van der Waals surface area (Å²) < 4.78 is 2.62. The number of nitrogens with one attached hydrogen (secondary N) is 1. The molecule has 0 amide bonds. The highest BCUT2D eigenvalue weighted by atomic mass is 32.1. The summed E-state index contributed by atoms with van der Waals surface area (Å²) >= 11 is 5.17. The third-order valence-corrected chi connectivity index (χ3v) is 2.43. The zero-order chi connectivity index (χ0) is 10.8. The molecule has 0 aliphatic carbocycles. The van der Waals surface area contributed by atoms with Gasteiger partial charge in [0.25, 0.3) is 0 Å². The second kappa shape index (κ2) is 3.94. The van der Waals surface area contributed by atoms with Gasteiger partial charge in [-0.3, -0.25) is 14.6 Å². The fourth-order valence-corrected chi connectivity index (χ4v) is 1.83. The van der Waals surface area contributed by atoms with Gasteiger partial charge in [0.05, 0.1) is 0 Å². The van der Waals surface area contributed by atoms with Crippen LogP contribution in [-0.2, 0) is 0 Å². The molecule has 2 aromatic heterocycles. The van der Waals surface area contributed by atoms with Crippen LogP contribution in [0.2, 0.25) is 0 Å². The van der Waals surface area contributed by atoms with Crippen molar-refractivity contribution in [1.29, 1.82) is 0 Å². The highest BCUT2D eigenvalue weighted by molar-refractivity contribution is 7.71. The van der Waals surface area contributed by atoms with Crippen molar-refractivity contribution in [2.45, 2.75) is 19.9 Å². The molecular weight excluding hydrogens is 208 g/mol. The van der Waals surface area contributed by atoms with Crippen molar-refractivity contribution in [1.82, 2.24) is 19.7 Å². The Bertz CT molecular complexity index is 498. The minimum Gasteiger partial charge on any atom is -0.298 e. The number of pyridine rings is 1. The molecule has 0 aliphatic heterocycles. The summed E-state index contributed by atoms with van der Waals surface area (Å²) in [6, 6.07) is 4.14. The molecular formula is C10H12N4S. The fourth-order valence-electron chi connectivity index (χ4n) is 1.48. The zero-order valence-corrected chi connectivity index (χ0v) is 9.45. The molecule has 2 heterocycles. The van der Waals surface area contributed by atoms with E-state index in [0.29, 0.717) is 4.77 Å². The summed E-state index contributed by atoms with van der Waals surface area (Å²) in [6.45, 7) is 4.15. The summed E-state index contributed by atoms with van der Waals surface area (Å²) in [5.74, 6) is 0.836. The molecule has 0 spiro atoms. The van der Waals surface area contributed by atoms with Crippen molar-refractivity contribution in [3.8, 4) is 11.4 Å². The van der Waals surface area contributed by atoms with E-state index in [2.05, 4.69) is 29.0 Å². The lowest BCUT2D eigenvalue weighted by Crippen LogP contribution is -2.03. The molecule has 0 aliphatic rings. The van der Waals surface area contributed by atoms with E-state index in [0.717, 1.165) is 11.4 Å². The van der Waals surface area contributed by atoms with E-state index in [4.69, 9.17) is 12.2 Å². The summed E-state index contributed by atoms with van der Waals surface area (Å²) in [5, 5.41) is 7.02. The van der Waals surface area contributed by atoms with Gasteiger partial charge in [0.15, 0.2) is 10.6 Å². The SMILES string of the molecule is CC(C)n1c(-c2cccnc2)n[nH]c1=S. The first kappa shape index (κ1) is 10.0. The molecule has 0 saturated carbocycles. The first-order valence-electron chi connectivity index (χ1n) is 4.77. The van der Waals surface area contributed by atoms with Crippen LogP contribution in [0.3, 0.4) is 0 Å². The first-order valence-corrected chi connectivity index (χ1v) is 5.18. The van der Waals surface area contributed by atoms with Gasteiger partial charge in [-0.2, -0.15) is 5.10 Å². The van der Waals surface area contributed by atoms with Crippen LogP contribution >= 0.6 is 12.2 Å². The molecule has 0 aromatic carbocycles. The van der Waals surface area contributed by atoms with Crippen LogP contribution in [0.5, 0.6) is 0 Å². The number of rotatable bonds is 2. The summed E-state index contributed by atoms with van der Waals surface area (Å²) in [5.41, 5.74) is 0.971. The molecule has 2 rings (SSSR count). The Kier molecular flexibility index (Phi) is 2.64. The Morgan fingerprint density at radius 1 is 1.47 bits per heavy atom. The monoisotopic (exact) mass is 220 g/mol. The van der Waals surface area contributed by atoms with Crippen LogP contribution in [0.4, 0.5) is 0 Å². The van der Waals surface area contributed by atoms with Gasteiger partial charge in [-0.05, 0) is 38.2 Å². The van der Waals surface area contributed by atoms with Crippen molar-refractivity contribution >= 4 is 12.2 Å². The number of aromatic amines is 1. The zero-order valence-electron chi connectivity index (χ0n) is 8.64. The van der Waals surface area contributed by atoms with Gasteiger partial charge in [0.2, 0.25) is 0 Å². The Morgan fingerprint density at radius 3 is 2.87 bits per heavy atom. The molecule has 15 heavy (non-hydrogen) atoms. The highest BCUT2D eigenvalue weighted by Crippen LogP contribution is 2.19. The third-order valence-electron chi connectivity index (χ3n) is 2.14. The summed E-state index contributed by atoms with van der Waals surface area (Å²) in [6.07, 6.45) is 3.52. The van der Waals surface area contributed by atoms with Crippen molar-refractivity contribution < 1.29 is 0 Å². The molecule has 78 valence electrons. The molecule has 0 bridgehead atoms. The summed E-state index contributed by atoms with van der Waals surface area (Å²) in [7, 11) is 0. The largest absolute Gasteiger partial charge is 0.298 e. The molecule has 0 fully saturated rings. The lowest BCUT2D eigenvalue weighted by molar-refractivity contribution is 0.597. The number of H-pyrrole nitrogens is 1. The molecule has 0 atom stereocenters. The van der Waals surface area contributed by atoms with Gasteiger partial charge in [-0.25, -0.2) is 0 Å². The molecule has 0 unspecified atom stereocenters. The van der Waals surface area contributed by atoms with Crippen LogP contribution < -0.4 is 0 Å². The average molecular weight is 220 g/mol. The van der Waals surface area contributed by atoms with Gasteiger partial charge in [-0.1, -0.05) is 0 Å². The van der Waals surface area contributed by atoms with Gasteiger partial charge in [-0.15, -0.1) is 0 Å². The standard InChI is InChI=1S/C10H12N4S/c1-7(2)14-9(12-13-10(14)15)8-4-3-5-11-6-8/h3-7H,1-2H3,(H,13,15). The van der Waals surface area contributed by atoms with E-state index in [1.54, 1.807) is 12.4 Å². The van der Waals surface area contributed by atoms with E-state index in [-0.39, 0.29) is 6.04 Å². The normalized spacial score (nSPS) is 10.9. The Labute approximate surface area is 93.0 Å². The molecule has 4 nitrogen and oxygen atoms in total. The second-order valence-corrected chi connectivity index (χ2v) is 3.94. The number of nitrogens with zero attached hydrogens (tertiary/aromatic N) is 3. The van der Waals surface area contributed by atoms with Crippen molar-refractivity contribution in [2.75, 3.05) is 0 Å². The first-order chi connectivity index (χ1) is 7.20. The topological polar surface area (TPSA) is 46.5 Å². The minimum absolute atomic E-state index is 0.284. The van der Waals surface area contributed by atoms with Gasteiger partial charge in [0.1, 0.15) is 0 Å². The highest BCUT2D eigenvalue weighted by Gasteiger charge is 2.10. The maximum Gasteiger partial charge on any atom is 0.195 e. The van der Waals surface area contributed by atoms with E-state index < -0.39 is 0 Å². The van der Waals surface area contributed by atoms with Crippen LogP contribution in [-0.4, -0.2) is 19.7 Å². The average Bonchev–Trinajstić information content (AvgIpc) is 2.61. The maximum atomic E-state index is 5.17. The molecule has 1 N–H and O–H groups in total. The van der Waals surface area contributed by atoms with Crippen LogP contribution in [0, 0.1) is 4.77 Å². The molecule has 0 saturated heterocycles. The third kappa shape index (κ3) is 1.83. The number of hydrogen-bond donors (Lipinski definition) is 1. The van der Waals surface area contributed by atoms with E-state index in [9.17, 15) is 0 Å². The van der Waals surface area contributed by atoms with Crippen molar-refractivity contribution in [2.24, 2.45) is 0 Å². The van der Waals surface area contributed by atoms with Gasteiger partial charge >= 0.3 is 0 Å². The predicted octanol–water partition coefficient (Wildman–Crippen LogP) is 2.58. The van der Waals surface area contributed by atoms with Crippen LogP contribution in [0.15, 0.2) is 24.5 Å². The maximum absolute atomic E-state index is 5.17. The molecule has 5 heteroatoms. The van der Waals surface area contributed by atoms with Crippen molar-refractivity contribution in [3.63, 3.8) is 0 Å². The van der Waals surface area contributed by atoms with Gasteiger partial charge < -0.3 is 0 Å². The molecule has 0 radical (unpaired) electrons. The van der Waals surface area contributed by atoms with E-state index >= 15 is 0 Å². The Hall–Kier alpha value is -1.49.